The van der Waals surface area contributed by atoms with Gasteiger partial charge in [0.15, 0.2) is 0 Å². The molecule has 7 nitrogen and oxygen atoms in total. The molecule has 2 aliphatic carbocycles. The number of carbonyl (C=O) groups excluding carboxylic acids is 1. The Bertz CT molecular complexity index is 1180. The molecule has 48 heavy (non-hydrogen) atoms. The van der Waals surface area contributed by atoms with Crippen molar-refractivity contribution >= 4 is 5.91 Å². The number of fused-ring (bicyclic) bond motifs is 2. The Morgan fingerprint density at radius 3 is 2.15 bits per heavy atom. The van der Waals surface area contributed by atoms with Gasteiger partial charge in [0.2, 0.25) is 5.91 Å². The first-order valence-corrected chi connectivity index (χ1v) is 18.8. The van der Waals surface area contributed by atoms with Crippen LogP contribution in [0.15, 0.2) is 48.5 Å². The average molecular weight is 664 g/mol. The third-order valence-corrected chi connectivity index (χ3v) is 10.00. The van der Waals surface area contributed by atoms with Gasteiger partial charge in [-0.15, -0.1) is 0 Å². The first-order valence-electron chi connectivity index (χ1n) is 18.8. The second kappa shape index (κ2) is 19.7. The number of hydrogen-bond acceptors (Lipinski definition) is 6. The number of aliphatic hydroxyl groups is 1. The van der Waals surface area contributed by atoms with Gasteiger partial charge in [0.25, 0.3) is 0 Å². The largest absolute Gasteiger partial charge is 0.492 e. The molecule has 3 N–H and O–H groups in total. The molecule has 4 atom stereocenters. The first kappa shape index (κ1) is 38.4. The highest BCUT2D eigenvalue weighted by atomic mass is 16.5. The van der Waals surface area contributed by atoms with Gasteiger partial charge < -0.3 is 25.2 Å². The van der Waals surface area contributed by atoms with Gasteiger partial charge in [-0.1, -0.05) is 83.4 Å². The molecule has 2 aromatic carbocycles. The highest BCUT2D eigenvalue weighted by molar-refractivity contribution is 5.77. The number of carbonyl (C=O) groups is 1. The van der Waals surface area contributed by atoms with Gasteiger partial charge in [0.1, 0.15) is 12.4 Å². The molecule has 2 heterocycles. The number of likely N-dealkylation sites (tertiary alicyclic amines) is 1. The summed E-state index contributed by atoms with van der Waals surface area (Å²) in [6.07, 6.45) is 11.1. The van der Waals surface area contributed by atoms with Gasteiger partial charge >= 0.3 is 0 Å². The fourth-order valence-corrected chi connectivity index (χ4v) is 7.48. The Labute approximate surface area is 291 Å². The summed E-state index contributed by atoms with van der Waals surface area (Å²) in [7, 11) is 0. The Morgan fingerprint density at radius 2 is 1.52 bits per heavy atom. The van der Waals surface area contributed by atoms with E-state index >= 15 is 0 Å². The maximum Gasteiger partial charge on any atom is 0.220 e. The van der Waals surface area contributed by atoms with E-state index in [-0.39, 0.29) is 11.8 Å². The van der Waals surface area contributed by atoms with E-state index in [1.165, 1.54) is 51.4 Å². The Balaban J connectivity index is 0.000000305. The summed E-state index contributed by atoms with van der Waals surface area (Å²) in [4.78, 5) is 16.9. The molecule has 2 aliphatic heterocycles. The molecule has 3 fully saturated rings. The minimum atomic E-state index is -0.527. The molecule has 2 saturated heterocycles. The first-order chi connectivity index (χ1) is 23.0. The van der Waals surface area contributed by atoms with Gasteiger partial charge in [-0.05, 0) is 97.6 Å². The number of piperidine rings is 1. The lowest BCUT2D eigenvalue weighted by Crippen LogP contribution is -2.45. The molecule has 2 aromatic rings. The van der Waals surface area contributed by atoms with E-state index in [0.29, 0.717) is 31.4 Å². The quantitative estimate of drug-likeness (QED) is 0.284. The number of ether oxygens (including phenoxy) is 2. The van der Waals surface area contributed by atoms with Crippen LogP contribution in [0, 0.1) is 23.2 Å². The van der Waals surface area contributed by atoms with Crippen molar-refractivity contribution in [3.8, 4) is 5.75 Å². The number of benzene rings is 2. The summed E-state index contributed by atoms with van der Waals surface area (Å²) in [6.45, 7) is 16.6. The minimum Gasteiger partial charge on any atom is -0.492 e. The van der Waals surface area contributed by atoms with E-state index in [4.69, 9.17) is 15.2 Å². The van der Waals surface area contributed by atoms with Crippen LogP contribution in [0.4, 0.5) is 0 Å². The predicted molar refractivity (Wildman–Crippen MR) is 196 cm³/mol. The molecule has 0 spiro atoms. The number of aryl methyl sites for hydroxylation is 2. The van der Waals surface area contributed by atoms with Gasteiger partial charge in [-0.2, -0.15) is 0 Å². The van der Waals surface area contributed by atoms with Crippen LogP contribution in [0.3, 0.4) is 0 Å². The van der Waals surface area contributed by atoms with Crippen LogP contribution >= 0.6 is 0 Å². The van der Waals surface area contributed by atoms with Crippen LogP contribution in [0.2, 0.25) is 0 Å². The van der Waals surface area contributed by atoms with Crippen molar-refractivity contribution in [2.75, 3.05) is 59.1 Å². The molecule has 1 saturated carbocycles. The smallest absolute Gasteiger partial charge is 0.220 e. The van der Waals surface area contributed by atoms with E-state index in [1.54, 1.807) is 11.1 Å². The molecule has 2 unspecified atom stereocenters. The maximum atomic E-state index is 12.1. The number of primary amides is 1. The Kier molecular flexibility index (Phi) is 15.7. The molecule has 1 amide bonds. The molecule has 0 radical (unpaired) electrons. The lowest BCUT2D eigenvalue weighted by atomic mass is 9.75. The van der Waals surface area contributed by atoms with E-state index in [1.807, 2.05) is 24.3 Å². The fraction of sp³-hybridized carbons (Fsp3) is 0.683. The standard InChI is InChI=1S/C27H43N3O4.C9H10.C5H12/c28-27(32)24(18-25(31)20-30-10-9-22-3-1-2-4-23(22)19-30)17-21-5-7-26(8-6-21)34-16-13-29-11-14-33-15-12-29;1-2-5-9-7-3-6-8(9)4-1;1-5(2,3)4/h5-8,22-25,31H,1-4,9-20H2,(H2,28,32);1-2,4-5H,3,6-7H2;1-4H3/t22-,23+,24?,25?;;/m0../s1. The van der Waals surface area contributed by atoms with Crippen molar-refractivity contribution in [1.82, 2.24) is 9.80 Å². The number of β-amino-alcohol motifs (C(OH)–C–C–N with tert-alkyl or cyclic N) is 1. The topological polar surface area (TPSA) is 88.3 Å². The van der Waals surface area contributed by atoms with Gasteiger partial charge in [0, 0.05) is 38.6 Å². The third-order valence-electron chi connectivity index (χ3n) is 10.00. The maximum absolute atomic E-state index is 12.1. The zero-order chi connectivity index (χ0) is 34.4. The zero-order valence-corrected chi connectivity index (χ0v) is 30.5. The second-order valence-corrected chi connectivity index (χ2v) is 16.1. The van der Waals surface area contributed by atoms with Crippen LogP contribution < -0.4 is 10.5 Å². The van der Waals surface area contributed by atoms with Crippen LogP contribution in [0.1, 0.15) is 89.3 Å². The second-order valence-electron chi connectivity index (χ2n) is 16.1. The average Bonchev–Trinajstić information content (AvgIpc) is 3.54. The summed E-state index contributed by atoms with van der Waals surface area (Å²) < 4.78 is 11.3. The lowest BCUT2D eigenvalue weighted by molar-refractivity contribution is -0.122. The van der Waals surface area contributed by atoms with Crippen molar-refractivity contribution in [3.05, 3.63) is 65.2 Å². The van der Waals surface area contributed by atoms with E-state index < -0.39 is 6.10 Å². The summed E-state index contributed by atoms with van der Waals surface area (Å²) in [5, 5.41) is 10.8. The SMILES string of the molecule is CC(C)(C)C.NC(=O)C(Cc1ccc(OCCN2CCOCC2)cc1)CC(O)CN1CC[C@@H]2CCCC[C@@H]2C1.c1ccc2c(c1)CCC2. The van der Waals surface area contributed by atoms with Crippen molar-refractivity contribution in [2.45, 2.75) is 98.0 Å². The van der Waals surface area contributed by atoms with Crippen molar-refractivity contribution in [3.63, 3.8) is 0 Å². The van der Waals surface area contributed by atoms with Crippen LogP contribution in [-0.4, -0.2) is 86.0 Å². The number of amides is 1. The van der Waals surface area contributed by atoms with Gasteiger partial charge in [-0.25, -0.2) is 0 Å². The molecular formula is C41H65N3O4. The Hall–Kier alpha value is -2.45. The highest BCUT2D eigenvalue weighted by Crippen LogP contribution is 2.36. The van der Waals surface area contributed by atoms with Crippen LogP contribution in [-0.2, 0) is 28.8 Å². The van der Waals surface area contributed by atoms with Crippen molar-refractivity contribution < 1.29 is 19.4 Å². The highest BCUT2D eigenvalue weighted by Gasteiger charge is 2.32. The predicted octanol–water partition coefficient (Wildman–Crippen LogP) is 6.53. The fourth-order valence-electron chi connectivity index (χ4n) is 7.48. The normalized spacial score (nSPS) is 22.5. The summed E-state index contributed by atoms with van der Waals surface area (Å²) in [5.41, 5.74) is 10.4. The van der Waals surface area contributed by atoms with Crippen LogP contribution in [0.25, 0.3) is 0 Å². The molecule has 0 aromatic heterocycles. The molecule has 4 aliphatic rings. The number of nitrogens with zero attached hydrogens (tertiary/aromatic N) is 2. The van der Waals surface area contributed by atoms with Crippen LogP contribution in [0.5, 0.6) is 5.75 Å². The molecule has 7 heteroatoms. The summed E-state index contributed by atoms with van der Waals surface area (Å²) in [6, 6.07) is 16.6. The number of nitrogens with two attached hydrogens (primary N) is 1. The minimum absolute atomic E-state index is 0.337. The van der Waals surface area contributed by atoms with Crippen molar-refractivity contribution in [2.24, 2.45) is 28.9 Å². The van der Waals surface area contributed by atoms with Gasteiger partial charge in [0.05, 0.1) is 19.3 Å². The number of rotatable bonds is 11. The summed E-state index contributed by atoms with van der Waals surface area (Å²) in [5.74, 6) is 1.80. The van der Waals surface area contributed by atoms with Gasteiger partial charge in [-0.3, -0.25) is 9.69 Å². The molecular weight excluding hydrogens is 598 g/mol. The van der Waals surface area contributed by atoms with Crippen molar-refractivity contribution in [1.29, 1.82) is 0 Å². The van der Waals surface area contributed by atoms with E-state index in [0.717, 1.165) is 69.1 Å². The number of aliphatic hydroxyl groups excluding tert-OH is 1. The molecule has 268 valence electrons. The lowest BCUT2D eigenvalue weighted by Gasteiger charge is -2.42. The van der Waals surface area contributed by atoms with E-state index in [2.05, 4.69) is 61.8 Å². The third kappa shape index (κ3) is 14.2. The zero-order valence-electron chi connectivity index (χ0n) is 30.5. The number of hydrogen-bond donors (Lipinski definition) is 2. The number of morpholine rings is 1. The monoisotopic (exact) mass is 663 g/mol. The summed E-state index contributed by atoms with van der Waals surface area (Å²) >= 11 is 0. The molecule has 0 bridgehead atoms. The molecule has 6 rings (SSSR count). The Morgan fingerprint density at radius 1 is 0.896 bits per heavy atom. The van der Waals surface area contributed by atoms with E-state index in [9.17, 15) is 9.90 Å².